The lowest BCUT2D eigenvalue weighted by molar-refractivity contribution is 0.0767. The van der Waals surface area contributed by atoms with Crippen molar-refractivity contribution in [1.29, 1.82) is 0 Å². The lowest BCUT2D eigenvalue weighted by atomic mass is 9.99. The molecule has 1 aliphatic heterocycles. The van der Waals surface area contributed by atoms with E-state index in [0.29, 0.717) is 30.9 Å². The number of carbonyl (C=O) groups excluding carboxylic acids is 1. The van der Waals surface area contributed by atoms with Crippen LogP contribution in [0.2, 0.25) is 0 Å². The van der Waals surface area contributed by atoms with Crippen molar-refractivity contribution in [2.45, 2.75) is 45.7 Å². The van der Waals surface area contributed by atoms with Crippen molar-refractivity contribution in [3.05, 3.63) is 24.0 Å². The van der Waals surface area contributed by atoms with E-state index in [0.717, 1.165) is 18.7 Å². The molecule has 21 heavy (non-hydrogen) atoms. The van der Waals surface area contributed by atoms with Crippen LogP contribution in [0.5, 0.6) is 0 Å². The average Bonchev–Trinajstić information content (AvgIpc) is 2.51. The maximum absolute atomic E-state index is 12.3. The van der Waals surface area contributed by atoms with Crippen LogP contribution in [-0.2, 0) is 0 Å². The van der Waals surface area contributed by atoms with Gasteiger partial charge in [0.15, 0.2) is 0 Å². The van der Waals surface area contributed by atoms with Gasteiger partial charge in [0.05, 0.1) is 0 Å². The zero-order chi connectivity index (χ0) is 15.2. The third kappa shape index (κ3) is 3.94. The third-order valence-electron chi connectivity index (χ3n) is 4.14. The summed E-state index contributed by atoms with van der Waals surface area (Å²) in [4.78, 5) is 18.3. The van der Waals surface area contributed by atoms with E-state index in [1.54, 1.807) is 11.1 Å². The molecule has 1 aromatic heterocycles. The number of hydrogen-bond donors (Lipinski definition) is 2. The minimum absolute atomic E-state index is 0.00142. The van der Waals surface area contributed by atoms with Crippen molar-refractivity contribution in [3.63, 3.8) is 0 Å². The first kappa shape index (κ1) is 15.8. The van der Waals surface area contributed by atoms with Crippen LogP contribution in [0.25, 0.3) is 0 Å². The fourth-order valence-electron chi connectivity index (χ4n) is 2.77. The van der Waals surface area contributed by atoms with Gasteiger partial charge in [0.2, 0.25) is 0 Å². The lowest BCUT2D eigenvalue weighted by Crippen LogP contribution is -2.46. The minimum atomic E-state index is -0.00142. The second-order valence-corrected chi connectivity index (χ2v) is 5.54. The number of piperidine rings is 1. The van der Waals surface area contributed by atoms with E-state index in [4.69, 9.17) is 0 Å². The molecule has 5 nitrogen and oxygen atoms in total. The maximum Gasteiger partial charge on any atom is 0.272 e. The molecule has 0 aromatic carbocycles. The zero-order valence-corrected chi connectivity index (χ0v) is 13.2. The summed E-state index contributed by atoms with van der Waals surface area (Å²) in [6, 6.07) is 4.63. The quantitative estimate of drug-likeness (QED) is 0.872. The van der Waals surface area contributed by atoms with Crippen LogP contribution >= 0.6 is 0 Å². The summed E-state index contributed by atoms with van der Waals surface area (Å²) in [6.07, 6.45) is 4.04. The highest BCUT2D eigenvalue weighted by Crippen LogP contribution is 2.17. The van der Waals surface area contributed by atoms with Crippen LogP contribution in [-0.4, -0.2) is 47.5 Å². The van der Waals surface area contributed by atoms with Gasteiger partial charge in [-0.1, -0.05) is 0 Å². The molecule has 0 radical (unpaired) electrons. The summed E-state index contributed by atoms with van der Waals surface area (Å²) in [5, 5.41) is 7.00. The average molecular weight is 290 g/mol. The van der Waals surface area contributed by atoms with Crippen LogP contribution in [0.15, 0.2) is 18.3 Å². The lowest BCUT2D eigenvalue weighted by Gasteiger charge is -2.31. The van der Waals surface area contributed by atoms with Crippen molar-refractivity contribution >= 4 is 11.6 Å². The number of carbonyl (C=O) groups is 1. The Morgan fingerprint density at radius 1 is 1.48 bits per heavy atom. The largest absolute Gasteiger partial charge is 0.381 e. The van der Waals surface area contributed by atoms with Gasteiger partial charge in [-0.25, -0.2) is 0 Å². The van der Waals surface area contributed by atoms with Crippen LogP contribution < -0.4 is 10.6 Å². The van der Waals surface area contributed by atoms with E-state index in [9.17, 15) is 4.79 Å². The topological polar surface area (TPSA) is 57.3 Å². The molecular weight excluding hydrogens is 264 g/mol. The normalized spacial score (nSPS) is 21.9. The molecule has 2 unspecified atom stereocenters. The van der Waals surface area contributed by atoms with Gasteiger partial charge in [-0.15, -0.1) is 0 Å². The van der Waals surface area contributed by atoms with Gasteiger partial charge in [0, 0.05) is 37.1 Å². The van der Waals surface area contributed by atoms with Crippen LogP contribution in [0.3, 0.4) is 0 Å². The van der Waals surface area contributed by atoms with Gasteiger partial charge < -0.3 is 15.5 Å². The highest BCUT2D eigenvalue weighted by molar-refractivity contribution is 5.93. The first-order chi connectivity index (χ1) is 10.2. The molecule has 1 saturated heterocycles. The van der Waals surface area contributed by atoms with Gasteiger partial charge >= 0.3 is 0 Å². The highest BCUT2D eigenvalue weighted by atomic mass is 16.2. The number of rotatable bonds is 5. The number of anilines is 1. The number of hydrogen-bond acceptors (Lipinski definition) is 4. The van der Waals surface area contributed by atoms with Crippen molar-refractivity contribution in [2.75, 3.05) is 25.0 Å². The number of amides is 1. The van der Waals surface area contributed by atoms with Crippen LogP contribution in [0, 0.1) is 0 Å². The first-order valence-electron chi connectivity index (χ1n) is 7.91. The van der Waals surface area contributed by atoms with Gasteiger partial charge in [0.1, 0.15) is 5.69 Å². The predicted molar refractivity (Wildman–Crippen MR) is 85.6 cm³/mol. The smallest absolute Gasteiger partial charge is 0.272 e. The molecule has 1 amide bonds. The monoisotopic (exact) mass is 290 g/mol. The molecule has 2 atom stereocenters. The number of aromatic nitrogens is 1. The van der Waals surface area contributed by atoms with Crippen LogP contribution in [0.1, 0.15) is 44.1 Å². The van der Waals surface area contributed by atoms with Gasteiger partial charge in [0.25, 0.3) is 5.91 Å². The second kappa shape index (κ2) is 7.41. The molecule has 1 fully saturated rings. The molecule has 0 spiro atoms. The predicted octanol–water partition coefficient (Wildman–Crippen LogP) is 2.12. The molecule has 2 heterocycles. The summed E-state index contributed by atoms with van der Waals surface area (Å²) in [5.74, 6) is -0.00142. The minimum Gasteiger partial charge on any atom is -0.381 e. The molecule has 1 aromatic rings. The van der Waals surface area contributed by atoms with Gasteiger partial charge in [-0.2, -0.15) is 0 Å². The third-order valence-corrected chi connectivity index (χ3v) is 4.14. The maximum atomic E-state index is 12.3. The van der Waals surface area contributed by atoms with Gasteiger partial charge in [-0.3, -0.25) is 9.78 Å². The molecule has 5 heteroatoms. The Morgan fingerprint density at radius 3 is 2.90 bits per heavy atom. The summed E-state index contributed by atoms with van der Waals surface area (Å²) in [5.41, 5.74) is 1.49. The first-order valence-corrected chi connectivity index (χ1v) is 7.91. The number of nitrogens with one attached hydrogen (secondary N) is 2. The van der Waals surface area contributed by atoms with E-state index in [2.05, 4.69) is 22.5 Å². The summed E-state index contributed by atoms with van der Waals surface area (Å²) < 4.78 is 0. The summed E-state index contributed by atoms with van der Waals surface area (Å²) in [7, 11) is 0. The Balaban J connectivity index is 2.08. The highest BCUT2D eigenvalue weighted by Gasteiger charge is 2.21. The van der Waals surface area contributed by atoms with Crippen molar-refractivity contribution in [2.24, 2.45) is 0 Å². The Morgan fingerprint density at radius 2 is 2.24 bits per heavy atom. The number of nitrogens with zero attached hydrogens (tertiary/aromatic N) is 2. The Labute approximate surface area is 127 Å². The van der Waals surface area contributed by atoms with E-state index in [-0.39, 0.29) is 5.91 Å². The molecule has 0 aliphatic carbocycles. The van der Waals surface area contributed by atoms with Gasteiger partial charge in [-0.05, 0) is 52.3 Å². The summed E-state index contributed by atoms with van der Waals surface area (Å²) >= 11 is 0. The molecule has 0 saturated carbocycles. The fourth-order valence-corrected chi connectivity index (χ4v) is 2.77. The Kier molecular flexibility index (Phi) is 5.56. The van der Waals surface area contributed by atoms with Crippen molar-refractivity contribution < 1.29 is 4.79 Å². The van der Waals surface area contributed by atoms with Crippen LogP contribution in [0.4, 0.5) is 5.69 Å². The molecule has 116 valence electrons. The van der Waals surface area contributed by atoms with E-state index < -0.39 is 0 Å². The number of pyridine rings is 1. The molecule has 1 aliphatic rings. The standard InChI is InChI=1S/C16H26N4O/c1-4-20(5-2)16(21)15-11-13(8-10-18-15)19-14-7-6-9-17-12(14)3/h8,10-12,14,17H,4-7,9H2,1-3H3,(H,18,19). The Bertz CT molecular complexity index is 473. The molecule has 0 bridgehead atoms. The van der Waals surface area contributed by atoms with E-state index in [1.165, 1.54) is 6.42 Å². The van der Waals surface area contributed by atoms with Crippen molar-refractivity contribution in [3.8, 4) is 0 Å². The SMILES string of the molecule is CCN(CC)C(=O)c1cc(NC2CCCNC2C)ccn1. The molecule has 2 rings (SSSR count). The zero-order valence-electron chi connectivity index (χ0n) is 13.2. The molecule has 2 N–H and O–H groups in total. The fraction of sp³-hybridized carbons (Fsp3) is 0.625. The van der Waals surface area contributed by atoms with Crippen molar-refractivity contribution in [1.82, 2.24) is 15.2 Å². The molecular formula is C16H26N4O. The second-order valence-electron chi connectivity index (χ2n) is 5.54. The van der Waals surface area contributed by atoms with E-state index >= 15 is 0 Å². The summed E-state index contributed by atoms with van der Waals surface area (Å²) in [6.45, 7) is 8.66. The Hall–Kier alpha value is -1.62. The van der Waals surface area contributed by atoms with E-state index in [1.807, 2.05) is 26.0 Å².